The van der Waals surface area contributed by atoms with E-state index >= 15 is 0 Å². The number of aliphatic hydroxyl groups is 1. The molecule has 3 atom stereocenters. The largest absolute Gasteiger partial charge is 0.356 e. The Morgan fingerprint density at radius 1 is 1.44 bits per heavy atom. The standard InChI is InChI=1S/C11H22FNO4S/c1-11(2,3)17-10(14)13-6-5-9(8(12)7-13)18(4,15)16/h8-10,14H,5-7H2,1-4H3/t8-,9-,10?/m1/s1. The first-order valence-electron chi connectivity index (χ1n) is 5.93. The van der Waals surface area contributed by atoms with Crippen molar-refractivity contribution in [2.24, 2.45) is 0 Å². The summed E-state index contributed by atoms with van der Waals surface area (Å²) >= 11 is 0. The van der Waals surface area contributed by atoms with Crippen LogP contribution in [0.1, 0.15) is 27.2 Å². The Balaban J connectivity index is 2.61. The highest BCUT2D eigenvalue weighted by molar-refractivity contribution is 7.91. The minimum atomic E-state index is -3.38. The van der Waals surface area contributed by atoms with E-state index in [0.717, 1.165) is 6.26 Å². The van der Waals surface area contributed by atoms with Crippen LogP contribution in [-0.4, -0.2) is 61.2 Å². The zero-order valence-corrected chi connectivity index (χ0v) is 12.1. The van der Waals surface area contributed by atoms with Gasteiger partial charge in [-0.1, -0.05) is 0 Å². The van der Waals surface area contributed by atoms with Crippen molar-refractivity contribution in [1.29, 1.82) is 0 Å². The lowest BCUT2D eigenvalue weighted by molar-refractivity contribution is -0.244. The van der Waals surface area contributed by atoms with Gasteiger partial charge in [0, 0.05) is 19.3 Å². The number of hydrogen-bond acceptors (Lipinski definition) is 5. The lowest BCUT2D eigenvalue weighted by Gasteiger charge is -2.38. The van der Waals surface area contributed by atoms with Crippen molar-refractivity contribution in [2.45, 2.75) is 50.6 Å². The summed E-state index contributed by atoms with van der Waals surface area (Å²) in [5.74, 6) is 0. The molecule has 5 nitrogen and oxygen atoms in total. The molecule has 0 aromatic heterocycles. The van der Waals surface area contributed by atoms with E-state index in [1.54, 1.807) is 20.8 Å². The molecule has 1 saturated heterocycles. The first-order valence-corrected chi connectivity index (χ1v) is 7.89. The number of alkyl halides is 1. The second kappa shape index (κ2) is 5.40. The molecular formula is C11H22FNO4S. The van der Waals surface area contributed by atoms with Crippen molar-refractivity contribution in [3.63, 3.8) is 0 Å². The van der Waals surface area contributed by atoms with Crippen LogP contribution in [0.4, 0.5) is 4.39 Å². The third-order valence-electron chi connectivity index (χ3n) is 2.83. The second-order valence-corrected chi connectivity index (χ2v) is 7.99. The minimum absolute atomic E-state index is 0.130. The summed E-state index contributed by atoms with van der Waals surface area (Å²) in [5.41, 5.74) is -0.543. The average molecular weight is 283 g/mol. The Hall–Kier alpha value is -0.240. The second-order valence-electron chi connectivity index (χ2n) is 5.72. The predicted molar refractivity (Wildman–Crippen MR) is 66.6 cm³/mol. The van der Waals surface area contributed by atoms with Crippen molar-refractivity contribution in [2.75, 3.05) is 19.3 Å². The molecule has 108 valence electrons. The van der Waals surface area contributed by atoms with E-state index in [1.807, 2.05) is 0 Å². The SMILES string of the molecule is CC(C)(C)OC(O)N1CC[C@@H](S(C)(=O)=O)[C@H](F)C1. The Kier molecular flexibility index (Phi) is 4.75. The zero-order valence-electron chi connectivity index (χ0n) is 11.3. The van der Waals surface area contributed by atoms with Gasteiger partial charge in [0.25, 0.3) is 0 Å². The van der Waals surface area contributed by atoms with Gasteiger partial charge in [-0.2, -0.15) is 0 Å². The molecular weight excluding hydrogens is 261 g/mol. The van der Waals surface area contributed by atoms with E-state index < -0.39 is 33.3 Å². The third kappa shape index (κ3) is 4.46. The van der Waals surface area contributed by atoms with Gasteiger partial charge in [-0.05, 0) is 27.2 Å². The molecule has 1 rings (SSSR count). The Bertz CT molecular complexity index is 379. The molecule has 0 amide bonds. The van der Waals surface area contributed by atoms with Crippen LogP contribution in [0, 0.1) is 0 Å². The van der Waals surface area contributed by atoms with Crippen LogP contribution in [0.3, 0.4) is 0 Å². The molecule has 0 saturated carbocycles. The molecule has 7 heteroatoms. The quantitative estimate of drug-likeness (QED) is 0.766. The molecule has 0 bridgehead atoms. The highest BCUT2D eigenvalue weighted by Crippen LogP contribution is 2.23. The van der Waals surface area contributed by atoms with Crippen molar-refractivity contribution in [3.05, 3.63) is 0 Å². The van der Waals surface area contributed by atoms with Gasteiger partial charge < -0.3 is 9.84 Å². The molecule has 0 spiro atoms. The molecule has 1 aliphatic rings. The summed E-state index contributed by atoms with van der Waals surface area (Å²) in [7, 11) is -3.38. The molecule has 0 radical (unpaired) electrons. The van der Waals surface area contributed by atoms with Crippen LogP contribution in [0.5, 0.6) is 0 Å². The Morgan fingerprint density at radius 2 is 2.00 bits per heavy atom. The van der Waals surface area contributed by atoms with E-state index in [4.69, 9.17) is 4.74 Å². The Labute approximate surface area is 108 Å². The molecule has 0 aliphatic carbocycles. The zero-order chi connectivity index (χ0) is 14.1. The third-order valence-corrected chi connectivity index (χ3v) is 4.47. The van der Waals surface area contributed by atoms with Gasteiger partial charge in [-0.25, -0.2) is 12.8 Å². The fourth-order valence-electron chi connectivity index (χ4n) is 1.98. The van der Waals surface area contributed by atoms with E-state index in [-0.39, 0.29) is 13.0 Å². The summed E-state index contributed by atoms with van der Waals surface area (Å²) in [6.45, 7) is 5.52. The van der Waals surface area contributed by atoms with Crippen LogP contribution in [-0.2, 0) is 14.6 Å². The van der Waals surface area contributed by atoms with E-state index in [2.05, 4.69) is 0 Å². The molecule has 1 unspecified atom stereocenters. The smallest absolute Gasteiger partial charge is 0.216 e. The van der Waals surface area contributed by atoms with E-state index in [0.29, 0.717) is 6.54 Å². The van der Waals surface area contributed by atoms with Crippen LogP contribution in [0.2, 0.25) is 0 Å². The number of nitrogens with zero attached hydrogens (tertiary/aromatic N) is 1. The number of halogens is 1. The number of sulfone groups is 1. The first kappa shape index (κ1) is 15.8. The fraction of sp³-hybridized carbons (Fsp3) is 1.00. The van der Waals surface area contributed by atoms with Crippen LogP contribution < -0.4 is 0 Å². The molecule has 18 heavy (non-hydrogen) atoms. The van der Waals surface area contributed by atoms with Crippen molar-refractivity contribution in [1.82, 2.24) is 4.90 Å². The number of likely N-dealkylation sites (tertiary alicyclic amines) is 1. The summed E-state index contributed by atoms with van der Waals surface area (Å²) in [6, 6.07) is 0. The van der Waals surface area contributed by atoms with Gasteiger partial charge in [0.2, 0.25) is 6.41 Å². The molecule has 1 heterocycles. The molecule has 0 aromatic rings. The van der Waals surface area contributed by atoms with Crippen molar-refractivity contribution < 1.29 is 22.7 Å². The highest BCUT2D eigenvalue weighted by Gasteiger charge is 2.38. The summed E-state index contributed by atoms with van der Waals surface area (Å²) in [4.78, 5) is 1.41. The number of ether oxygens (including phenoxy) is 1. The van der Waals surface area contributed by atoms with Crippen LogP contribution in [0.25, 0.3) is 0 Å². The van der Waals surface area contributed by atoms with Crippen LogP contribution >= 0.6 is 0 Å². The number of piperidine rings is 1. The van der Waals surface area contributed by atoms with Gasteiger partial charge in [-0.15, -0.1) is 0 Å². The minimum Gasteiger partial charge on any atom is -0.356 e. The highest BCUT2D eigenvalue weighted by atomic mass is 32.2. The number of hydrogen-bond donors (Lipinski definition) is 1. The average Bonchev–Trinajstić information content (AvgIpc) is 2.12. The molecule has 1 fully saturated rings. The van der Waals surface area contributed by atoms with Crippen molar-refractivity contribution >= 4 is 9.84 Å². The summed E-state index contributed by atoms with van der Waals surface area (Å²) in [6.07, 6.45) is -1.48. The maximum atomic E-state index is 13.8. The van der Waals surface area contributed by atoms with Gasteiger partial charge >= 0.3 is 0 Å². The topological polar surface area (TPSA) is 66.8 Å². The number of aliphatic hydroxyl groups excluding tert-OH is 1. The van der Waals surface area contributed by atoms with Gasteiger partial charge in [0.1, 0.15) is 6.17 Å². The molecule has 0 aromatic carbocycles. The summed E-state index contributed by atoms with van der Waals surface area (Å²) < 4.78 is 41.8. The van der Waals surface area contributed by atoms with Gasteiger partial charge in [0.05, 0.1) is 10.9 Å². The van der Waals surface area contributed by atoms with E-state index in [9.17, 15) is 17.9 Å². The Morgan fingerprint density at radius 3 is 2.39 bits per heavy atom. The number of rotatable bonds is 3. The fourth-order valence-corrected chi connectivity index (χ4v) is 3.14. The molecule has 1 aliphatic heterocycles. The maximum Gasteiger partial charge on any atom is 0.216 e. The van der Waals surface area contributed by atoms with E-state index in [1.165, 1.54) is 4.90 Å². The first-order chi connectivity index (χ1) is 8.00. The lowest BCUT2D eigenvalue weighted by Crippen LogP contribution is -2.53. The van der Waals surface area contributed by atoms with Crippen molar-refractivity contribution in [3.8, 4) is 0 Å². The summed E-state index contributed by atoms with van der Waals surface area (Å²) in [5, 5.41) is 8.83. The predicted octanol–water partition coefficient (Wildman–Crippen LogP) is 0.534. The normalized spacial score (nSPS) is 29.2. The maximum absolute atomic E-state index is 13.8. The molecule has 1 N–H and O–H groups in total. The van der Waals surface area contributed by atoms with Crippen LogP contribution in [0.15, 0.2) is 0 Å². The monoisotopic (exact) mass is 283 g/mol. The lowest BCUT2D eigenvalue weighted by atomic mass is 10.1. The van der Waals surface area contributed by atoms with Gasteiger partial charge in [0.15, 0.2) is 9.84 Å². The van der Waals surface area contributed by atoms with Gasteiger partial charge in [-0.3, -0.25) is 4.90 Å².